The van der Waals surface area contributed by atoms with Crippen LogP contribution in [0.3, 0.4) is 0 Å². The summed E-state index contributed by atoms with van der Waals surface area (Å²) in [6, 6.07) is 17.6. The molecular formula is C18H19NO2. The van der Waals surface area contributed by atoms with Crippen LogP contribution < -0.4 is 4.90 Å². The van der Waals surface area contributed by atoms with E-state index in [0.717, 1.165) is 24.2 Å². The highest BCUT2D eigenvalue weighted by atomic mass is 16.4. The third kappa shape index (κ3) is 2.64. The highest BCUT2D eigenvalue weighted by Gasteiger charge is 2.40. The van der Waals surface area contributed by atoms with Crippen molar-refractivity contribution >= 4 is 11.7 Å². The van der Waals surface area contributed by atoms with Crippen LogP contribution in [0.15, 0.2) is 54.6 Å². The van der Waals surface area contributed by atoms with Gasteiger partial charge in [0.15, 0.2) is 0 Å². The fourth-order valence-electron chi connectivity index (χ4n) is 3.17. The smallest absolute Gasteiger partial charge is 0.326 e. The molecule has 1 saturated heterocycles. The summed E-state index contributed by atoms with van der Waals surface area (Å²) >= 11 is 0. The van der Waals surface area contributed by atoms with E-state index in [1.165, 1.54) is 5.56 Å². The van der Waals surface area contributed by atoms with Crippen LogP contribution in [0.2, 0.25) is 0 Å². The molecule has 0 amide bonds. The maximum Gasteiger partial charge on any atom is 0.326 e. The van der Waals surface area contributed by atoms with Gasteiger partial charge in [-0.3, -0.25) is 0 Å². The number of rotatable bonds is 3. The minimum absolute atomic E-state index is 0.0463. The van der Waals surface area contributed by atoms with Crippen LogP contribution in [0.4, 0.5) is 5.69 Å². The Morgan fingerprint density at radius 1 is 1.10 bits per heavy atom. The van der Waals surface area contributed by atoms with Gasteiger partial charge < -0.3 is 10.0 Å². The Kier molecular flexibility index (Phi) is 3.65. The lowest BCUT2D eigenvalue weighted by atomic mass is 9.91. The topological polar surface area (TPSA) is 40.5 Å². The van der Waals surface area contributed by atoms with Gasteiger partial charge >= 0.3 is 5.97 Å². The zero-order valence-electron chi connectivity index (χ0n) is 12.1. The molecule has 1 heterocycles. The molecule has 1 aliphatic rings. The highest BCUT2D eigenvalue weighted by molar-refractivity contribution is 5.80. The molecule has 108 valence electrons. The van der Waals surface area contributed by atoms with Gasteiger partial charge in [-0.2, -0.15) is 0 Å². The zero-order chi connectivity index (χ0) is 14.8. The van der Waals surface area contributed by atoms with Gasteiger partial charge in [-0.15, -0.1) is 0 Å². The minimum atomic E-state index is -0.748. The first-order valence-corrected chi connectivity index (χ1v) is 7.28. The normalized spacial score (nSPS) is 21.5. The molecule has 21 heavy (non-hydrogen) atoms. The zero-order valence-corrected chi connectivity index (χ0v) is 12.1. The van der Waals surface area contributed by atoms with Crippen molar-refractivity contribution in [1.29, 1.82) is 0 Å². The average molecular weight is 281 g/mol. The molecule has 0 spiro atoms. The molecule has 1 aliphatic heterocycles. The standard InChI is InChI=1S/C18H19NO2/c1-13-7-9-15(10-8-13)19-12-11-16(17(19)18(20)21)14-5-3-2-4-6-14/h2-10,16-17H,11-12H2,1H3,(H,20,21)/t16-,17+/m0/s1. The molecule has 0 bridgehead atoms. The molecule has 1 fully saturated rings. The summed E-state index contributed by atoms with van der Waals surface area (Å²) in [4.78, 5) is 13.8. The maximum absolute atomic E-state index is 11.8. The number of anilines is 1. The molecule has 0 saturated carbocycles. The maximum atomic E-state index is 11.8. The van der Waals surface area contributed by atoms with Crippen molar-refractivity contribution < 1.29 is 9.90 Å². The lowest BCUT2D eigenvalue weighted by Crippen LogP contribution is -2.39. The molecule has 0 aromatic heterocycles. The molecule has 2 aromatic carbocycles. The molecule has 0 unspecified atom stereocenters. The van der Waals surface area contributed by atoms with Crippen LogP contribution in [-0.4, -0.2) is 23.7 Å². The van der Waals surface area contributed by atoms with Gasteiger partial charge in [0.2, 0.25) is 0 Å². The van der Waals surface area contributed by atoms with Gasteiger partial charge in [-0.05, 0) is 31.0 Å². The van der Waals surface area contributed by atoms with E-state index in [-0.39, 0.29) is 5.92 Å². The Morgan fingerprint density at radius 2 is 1.76 bits per heavy atom. The molecule has 3 heteroatoms. The molecular weight excluding hydrogens is 262 g/mol. The molecule has 3 rings (SSSR count). The Morgan fingerprint density at radius 3 is 2.38 bits per heavy atom. The van der Waals surface area contributed by atoms with E-state index in [2.05, 4.69) is 0 Å². The second-order valence-corrected chi connectivity index (χ2v) is 5.62. The molecule has 2 atom stereocenters. The van der Waals surface area contributed by atoms with Gasteiger partial charge in [-0.25, -0.2) is 4.79 Å². The predicted molar refractivity (Wildman–Crippen MR) is 83.7 cm³/mol. The molecule has 2 aromatic rings. The van der Waals surface area contributed by atoms with Crippen LogP contribution >= 0.6 is 0 Å². The summed E-state index contributed by atoms with van der Waals surface area (Å²) in [7, 11) is 0. The third-order valence-corrected chi connectivity index (χ3v) is 4.24. The number of aliphatic carboxylic acids is 1. The van der Waals surface area contributed by atoms with Gasteiger partial charge in [0.05, 0.1) is 0 Å². The average Bonchev–Trinajstić information content (AvgIpc) is 2.94. The molecule has 1 N–H and O–H groups in total. The fraction of sp³-hybridized carbons (Fsp3) is 0.278. The number of benzene rings is 2. The number of nitrogens with zero attached hydrogens (tertiary/aromatic N) is 1. The van der Waals surface area contributed by atoms with Crippen molar-refractivity contribution in [1.82, 2.24) is 0 Å². The molecule has 0 radical (unpaired) electrons. The van der Waals surface area contributed by atoms with E-state index in [1.54, 1.807) is 0 Å². The summed E-state index contributed by atoms with van der Waals surface area (Å²) < 4.78 is 0. The van der Waals surface area contributed by atoms with Gasteiger partial charge in [-0.1, -0.05) is 48.0 Å². The van der Waals surface area contributed by atoms with E-state index in [4.69, 9.17) is 0 Å². The Labute approximate surface area is 124 Å². The van der Waals surface area contributed by atoms with E-state index in [0.29, 0.717) is 0 Å². The Balaban J connectivity index is 1.93. The minimum Gasteiger partial charge on any atom is -0.480 e. The first-order valence-electron chi connectivity index (χ1n) is 7.28. The molecule has 3 nitrogen and oxygen atoms in total. The second-order valence-electron chi connectivity index (χ2n) is 5.62. The number of carboxylic acid groups (broad SMARTS) is 1. The van der Waals surface area contributed by atoms with Crippen LogP contribution in [0.1, 0.15) is 23.5 Å². The predicted octanol–water partition coefficient (Wildman–Crippen LogP) is 3.44. The third-order valence-electron chi connectivity index (χ3n) is 4.24. The number of carbonyl (C=O) groups is 1. The number of hydrogen-bond donors (Lipinski definition) is 1. The van der Waals surface area contributed by atoms with Gasteiger partial charge in [0.25, 0.3) is 0 Å². The van der Waals surface area contributed by atoms with Gasteiger partial charge in [0, 0.05) is 18.2 Å². The van der Waals surface area contributed by atoms with Crippen molar-refractivity contribution in [3.63, 3.8) is 0 Å². The SMILES string of the molecule is Cc1ccc(N2CC[C@@H](c3ccccc3)[C@@H]2C(=O)O)cc1. The van der Waals surface area contributed by atoms with Crippen molar-refractivity contribution in [2.45, 2.75) is 25.3 Å². The summed E-state index contributed by atoms with van der Waals surface area (Å²) in [6.07, 6.45) is 0.870. The second kappa shape index (κ2) is 5.60. The monoisotopic (exact) mass is 281 g/mol. The number of carboxylic acids is 1. The van der Waals surface area contributed by atoms with Crippen LogP contribution in [-0.2, 0) is 4.79 Å². The van der Waals surface area contributed by atoms with E-state index in [1.807, 2.05) is 66.4 Å². The Hall–Kier alpha value is -2.29. The quantitative estimate of drug-likeness (QED) is 0.937. The number of hydrogen-bond acceptors (Lipinski definition) is 2. The van der Waals surface area contributed by atoms with E-state index < -0.39 is 12.0 Å². The first kappa shape index (κ1) is 13.7. The lowest BCUT2D eigenvalue weighted by Gasteiger charge is -2.27. The van der Waals surface area contributed by atoms with Crippen molar-refractivity contribution in [3.05, 3.63) is 65.7 Å². The number of aryl methyl sites for hydroxylation is 1. The summed E-state index contributed by atoms with van der Waals surface area (Å²) in [5.41, 5.74) is 3.29. The summed E-state index contributed by atoms with van der Waals surface area (Å²) in [5.74, 6) is -0.702. The Bertz CT molecular complexity index is 621. The van der Waals surface area contributed by atoms with Crippen molar-refractivity contribution in [2.75, 3.05) is 11.4 Å². The largest absolute Gasteiger partial charge is 0.480 e. The highest BCUT2D eigenvalue weighted by Crippen LogP contribution is 2.36. The fourth-order valence-corrected chi connectivity index (χ4v) is 3.17. The van der Waals surface area contributed by atoms with E-state index in [9.17, 15) is 9.90 Å². The lowest BCUT2D eigenvalue weighted by molar-refractivity contribution is -0.138. The van der Waals surface area contributed by atoms with Crippen molar-refractivity contribution in [3.8, 4) is 0 Å². The van der Waals surface area contributed by atoms with Crippen molar-refractivity contribution in [2.24, 2.45) is 0 Å². The van der Waals surface area contributed by atoms with Gasteiger partial charge in [0.1, 0.15) is 6.04 Å². The summed E-state index contributed by atoms with van der Waals surface area (Å²) in [5, 5.41) is 9.69. The van der Waals surface area contributed by atoms with Crippen LogP contribution in [0, 0.1) is 6.92 Å². The molecule has 0 aliphatic carbocycles. The van der Waals surface area contributed by atoms with E-state index >= 15 is 0 Å². The van der Waals surface area contributed by atoms with Crippen LogP contribution in [0.5, 0.6) is 0 Å². The first-order chi connectivity index (χ1) is 10.2. The summed E-state index contributed by atoms with van der Waals surface area (Å²) in [6.45, 7) is 2.81. The van der Waals surface area contributed by atoms with Crippen LogP contribution in [0.25, 0.3) is 0 Å².